The molecule has 0 spiro atoms. The van der Waals surface area contributed by atoms with Crippen molar-refractivity contribution in [2.45, 2.75) is 19.6 Å². The summed E-state index contributed by atoms with van der Waals surface area (Å²) in [4.78, 5) is 28.8. The van der Waals surface area contributed by atoms with Gasteiger partial charge in [-0.05, 0) is 42.8 Å². The van der Waals surface area contributed by atoms with E-state index in [1.54, 1.807) is 12.3 Å². The van der Waals surface area contributed by atoms with Gasteiger partial charge < -0.3 is 9.88 Å². The van der Waals surface area contributed by atoms with E-state index in [-0.39, 0.29) is 23.6 Å². The molecule has 1 N–H and O–H groups in total. The highest BCUT2D eigenvalue weighted by Gasteiger charge is 2.30. The fourth-order valence-corrected chi connectivity index (χ4v) is 3.32. The Morgan fingerprint density at radius 3 is 2.59 bits per heavy atom. The average Bonchev–Trinajstić information content (AvgIpc) is 3.32. The molecule has 0 aliphatic heterocycles. The minimum Gasteiger partial charge on any atom is -0.346 e. The lowest BCUT2D eigenvalue weighted by molar-refractivity contribution is -0.137. The number of carbonyl (C=O) groups excluding carboxylic acids is 1. The van der Waals surface area contributed by atoms with Crippen LogP contribution in [0, 0.1) is 12.7 Å². The van der Waals surface area contributed by atoms with Gasteiger partial charge >= 0.3 is 6.18 Å². The Labute approximate surface area is 190 Å². The van der Waals surface area contributed by atoms with E-state index in [0.29, 0.717) is 5.56 Å². The molecule has 0 bridgehead atoms. The molecule has 0 aliphatic carbocycles. The highest BCUT2D eigenvalue weighted by molar-refractivity contribution is 5.92. The molecule has 0 unspecified atom stereocenters. The third kappa shape index (κ3) is 4.72. The molecular weight excluding hydrogens is 454 g/mol. The van der Waals surface area contributed by atoms with Crippen LogP contribution in [-0.2, 0) is 12.7 Å². The van der Waals surface area contributed by atoms with Crippen LogP contribution in [0.4, 0.5) is 17.6 Å². The van der Waals surface area contributed by atoms with Crippen LogP contribution < -0.4 is 10.7 Å². The van der Waals surface area contributed by atoms with Crippen molar-refractivity contribution in [3.05, 3.63) is 106 Å². The number of imidazole rings is 1. The highest BCUT2D eigenvalue weighted by atomic mass is 19.4. The number of nitrogens with one attached hydrogen (secondary N) is 1. The number of alkyl halides is 3. The van der Waals surface area contributed by atoms with E-state index in [1.165, 1.54) is 48.3 Å². The van der Waals surface area contributed by atoms with Crippen molar-refractivity contribution >= 4 is 5.91 Å². The molecular formula is C23H17F4N5O2. The van der Waals surface area contributed by atoms with Gasteiger partial charge in [0.1, 0.15) is 5.82 Å². The number of rotatable bonds is 5. The zero-order valence-corrected chi connectivity index (χ0v) is 17.7. The SMILES string of the molecule is Cc1cc(=O)c(C(=O)NCc2ccc(-n3ccnc3)c(F)c2)nn1-c1cccc(C(F)(F)F)c1. The summed E-state index contributed by atoms with van der Waals surface area (Å²) in [6.07, 6.45) is -0.0309. The normalized spacial score (nSPS) is 11.4. The molecule has 0 fully saturated rings. The van der Waals surface area contributed by atoms with Gasteiger partial charge in [-0.3, -0.25) is 9.59 Å². The zero-order chi connectivity index (χ0) is 24.5. The van der Waals surface area contributed by atoms with Crippen LogP contribution in [-0.4, -0.2) is 25.2 Å². The first-order valence-electron chi connectivity index (χ1n) is 9.97. The molecule has 0 saturated heterocycles. The maximum atomic E-state index is 14.4. The van der Waals surface area contributed by atoms with E-state index in [0.717, 1.165) is 22.9 Å². The maximum Gasteiger partial charge on any atom is 0.416 e. The minimum absolute atomic E-state index is 0.0403. The van der Waals surface area contributed by atoms with Gasteiger partial charge in [-0.1, -0.05) is 12.1 Å². The van der Waals surface area contributed by atoms with E-state index < -0.39 is 34.6 Å². The molecule has 0 atom stereocenters. The Morgan fingerprint density at radius 2 is 1.91 bits per heavy atom. The fraction of sp³-hybridized carbons (Fsp3) is 0.130. The number of amides is 1. The molecule has 4 aromatic rings. The van der Waals surface area contributed by atoms with Gasteiger partial charge in [0.05, 0.1) is 23.3 Å². The van der Waals surface area contributed by atoms with Crippen LogP contribution in [0.25, 0.3) is 11.4 Å². The number of aromatic nitrogens is 4. The number of hydrogen-bond donors (Lipinski definition) is 1. The van der Waals surface area contributed by atoms with Crippen molar-refractivity contribution < 1.29 is 22.4 Å². The Kier molecular flexibility index (Phi) is 6.01. The van der Waals surface area contributed by atoms with Crippen molar-refractivity contribution in [2.24, 2.45) is 0 Å². The topological polar surface area (TPSA) is 81.8 Å². The summed E-state index contributed by atoms with van der Waals surface area (Å²) in [7, 11) is 0. The number of hydrogen-bond acceptors (Lipinski definition) is 4. The lowest BCUT2D eigenvalue weighted by atomic mass is 10.2. The molecule has 1 amide bonds. The van der Waals surface area contributed by atoms with Crippen molar-refractivity contribution in [3.8, 4) is 11.4 Å². The number of halogens is 4. The van der Waals surface area contributed by atoms with Crippen molar-refractivity contribution in [3.63, 3.8) is 0 Å². The minimum atomic E-state index is -4.56. The van der Waals surface area contributed by atoms with Crippen LogP contribution in [0.1, 0.15) is 27.3 Å². The summed E-state index contributed by atoms with van der Waals surface area (Å²) < 4.78 is 56.2. The second-order valence-corrected chi connectivity index (χ2v) is 7.40. The third-order valence-corrected chi connectivity index (χ3v) is 4.99. The third-order valence-electron chi connectivity index (χ3n) is 4.99. The molecule has 174 valence electrons. The molecule has 0 radical (unpaired) electrons. The van der Waals surface area contributed by atoms with Gasteiger partial charge in [-0.25, -0.2) is 14.1 Å². The smallest absolute Gasteiger partial charge is 0.346 e. The molecule has 2 aromatic heterocycles. The Bertz CT molecular complexity index is 1410. The lowest BCUT2D eigenvalue weighted by Crippen LogP contribution is -2.31. The molecule has 34 heavy (non-hydrogen) atoms. The largest absolute Gasteiger partial charge is 0.416 e. The predicted octanol–water partition coefficient (Wildman–Crippen LogP) is 3.81. The summed E-state index contributed by atoms with van der Waals surface area (Å²) >= 11 is 0. The lowest BCUT2D eigenvalue weighted by Gasteiger charge is -2.14. The zero-order valence-electron chi connectivity index (χ0n) is 17.7. The summed E-state index contributed by atoms with van der Waals surface area (Å²) in [5.74, 6) is -1.38. The molecule has 2 heterocycles. The van der Waals surface area contributed by atoms with Crippen LogP contribution >= 0.6 is 0 Å². The van der Waals surface area contributed by atoms with Crippen molar-refractivity contribution in [1.29, 1.82) is 0 Å². The second-order valence-electron chi connectivity index (χ2n) is 7.40. The van der Waals surface area contributed by atoms with Gasteiger partial charge in [-0.15, -0.1) is 0 Å². The highest BCUT2D eigenvalue weighted by Crippen LogP contribution is 2.30. The van der Waals surface area contributed by atoms with Crippen molar-refractivity contribution in [2.75, 3.05) is 0 Å². The first kappa shape index (κ1) is 22.9. The van der Waals surface area contributed by atoms with E-state index in [2.05, 4.69) is 15.4 Å². The number of nitrogens with zero attached hydrogens (tertiary/aromatic N) is 4. The standard InChI is InChI=1S/C23H17F4N5O2/c1-14-9-20(33)21(30-32(14)17-4-2-3-16(11-17)23(25,26)27)22(34)29-12-15-5-6-19(18(24)10-15)31-8-7-28-13-31/h2-11,13H,12H2,1H3,(H,29,34). The number of benzene rings is 2. The first-order valence-corrected chi connectivity index (χ1v) is 9.97. The predicted molar refractivity (Wildman–Crippen MR) is 114 cm³/mol. The van der Waals surface area contributed by atoms with Crippen LogP contribution in [0.5, 0.6) is 0 Å². The first-order chi connectivity index (χ1) is 16.1. The molecule has 0 saturated carbocycles. The van der Waals surface area contributed by atoms with Gasteiger partial charge in [-0.2, -0.15) is 18.3 Å². The Hall–Kier alpha value is -4.28. The van der Waals surface area contributed by atoms with Crippen LogP contribution in [0.2, 0.25) is 0 Å². The molecule has 0 aliphatic rings. The Morgan fingerprint density at radius 1 is 1.12 bits per heavy atom. The van der Waals surface area contributed by atoms with Crippen LogP contribution in [0.15, 0.2) is 72.0 Å². The second kappa shape index (κ2) is 8.93. The number of aryl methyl sites for hydroxylation is 1. The monoisotopic (exact) mass is 471 g/mol. The quantitative estimate of drug-likeness (QED) is 0.449. The molecule has 11 heteroatoms. The van der Waals surface area contributed by atoms with Crippen molar-refractivity contribution in [1.82, 2.24) is 24.6 Å². The van der Waals surface area contributed by atoms with Gasteiger partial charge in [0.25, 0.3) is 5.91 Å². The van der Waals surface area contributed by atoms with E-state index in [1.807, 2.05) is 0 Å². The fourth-order valence-electron chi connectivity index (χ4n) is 3.32. The summed E-state index contributed by atoms with van der Waals surface area (Å²) in [5, 5.41) is 6.47. The number of carbonyl (C=O) groups is 1. The summed E-state index contributed by atoms with van der Waals surface area (Å²) in [6.45, 7) is 1.39. The van der Waals surface area contributed by atoms with Crippen LogP contribution in [0.3, 0.4) is 0 Å². The molecule has 7 nitrogen and oxygen atoms in total. The summed E-state index contributed by atoms with van der Waals surface area (Å²) in [5.41, 5.74) is -1.09. The van der Waals surface area contributed by atoms with E-state index in [9.17, 15) is 27.2 Å². The van der Waals surface area contributed by atoms with E-state index in [4.69, 9.17) is 0 Å². The average molecular weight is 471 g/mol. The van der Waals surface area contributed by atoms with Gasteiger partial charge in [0.15, 0.2) is 5.69 Å². The van der Waals surface area contributed by atoms with E-state index >= 15 is 0 Å². The molecule has 2 aromatic carbocycles. The van der Waals surface area contributed by atoms with Gasteiger partial charge in [0, 0.05) is 30.7 Å². The maximum absolute atomic E-state index is 14.4. The summed E-state index contributed by atoms with van der Waals surface area (Å²) in [6, 6.07) is 9.83. The van der Waals surface area contributed by atoms with Gasteiger partial charge in [0.2, 0.25) is 5.43 Å². The Balaban J connectivity index is 1.56. The molecule has 4 rings (SSSR count).